The van der Waals surface area contributed by atoms with Crippen LogP contribution in [-0.4, -0.2) is 19.7 Å². The Balaban J connectivity index is 1.83. The summed E-state index contributed by atoms with van der Waals surface area (Å²) in [5.74, 6) is 0.938. The molecule has 0 fully saturated rings. The summed E-state index contributed by atoms with van der Waals surface area (Å²) >= 11 is 3.63. The van der Waals surface area contributed by atoms with Crippen molar-refractivity contribution in [2.75, 3.05) is 9.66 Å². The Morgan fingerprint density at radius 3 is 2.67 bits per heavy atom. The number of halogens is 1. The zero-order valence-corrected chi connectivity index (χ0v) is 16.5. The molecule has 0 atom stereocenters. The molecule has 0 aliphatic carbocycles. The summed E-state index contributed by atoms with van der Waals surface area (Å²) in [6.45, 7) is 3.04. The van der Waals surface area contributed by atoms with E-state index in [0.29, 0.717) is 5.82 Å². The van der Waals surface area contributed by atoms with E-state index >= 15 is 0 Å². The van der Waals surface area contributed by atoms with E-state index in [1.807, 2.05) is 57.3 Å². The maximum absolute atomic E-state index is 5.94. The molecule has 0 bridgehead atoms. The van der Waals surface area contributed by atoms with Gasteiger partial charge in [0.05, 0.1) is 33.5 Å². The molecule has 0 unspecified atom stereocenters. The Morgan fingerprint density at radius 2 is 1.89 bits per heavy atom. The van der Waals surface area contributed by atoms with Crippen molar-refractivity contribution in [2.24, 2.45) is 0 Å². The Bertz CT molecular complexity index is 1080. The lowest BCUT2D eigenvalue weighted by Crippen LogP contribution is -2.07. The third kappa shape index (κ3) is 3.50. The summed E-state index contributed by atoms with van der Waals surface area (Å²) in [6.07, 6.45) is 5.00. The number of anilines is 3. The molecule has 2 heterocycles. The lowest BCUT2D eigenvalue weighted by atomic mass is 10.1. The summed E-state index contributed by atoms with van der Waals surface area (Å²) in [5.41, 5.74) is 9.82. The van der Waals surface area contributed by atoms with E-state index in [1.165, 1.54) is 0 Å². The van der Waals surface area contributed by atoms with Gasteiger partial charge in [-0.25, -0.2) is 4.98 Å². The number of fused-ring (bicyclic) bond motifs is 1. The molecule has 4 aromatic rings. The molecule has 0 radical (unpaired) electrons. The molecule has 0 saturated heterocycles. The van der Waals surface area contributed by atoms with Crippen LogP contribution in [0.3, 0.4) is 0 Å². The fourth-order valence-corrected chi connectivity index (χ4v) is 3.51. The van der Waals surface area contributed by atoms with Crippen molar-refractivity contribution in [3.05, 3.63) is 60.9 Å². The van der Waals surface area contributed by atoms with Crippen molar-refractivity contribution in [1.82, 2.24) is 19.7 Å². The van der Waals surface area contributed by atoms with Gasteiger partial charge in [-0.2, -0.15) is 10.1 Å². The smallest absolute Gasteiger partial charge is 0.222 e. The van der Waals surface area contributed by atoms with Crippen LogP contribution in [0.15, 0.2) is 60.9 Å². The first-order valence-electron chi connectivity index (χ1n) is 8.77. The maximum Gasteiger partial charge on any atom is 0.222 e. The van der Waals surface area contributed by atoms with E-state index in [1.54, 1.807) is 0 Å². The molecule has 136 valence electrons. The molecular formula is C20H19BrN6. The number of rotatable bonds is 5. The SMILES string of the molecule is CCCn1cc(-c2ccc3nc(N)nc(N(Br)c4ccccc4)c3c2)cn1. The van der Waals surface area contributed by atoms with Gasteiger partial charge in [0.25, 0.3) is 0 Å². The van der Waals surface area contributed by atoms with Crippen molar-refractivity contribution in [1.29, 1.82) is 0 Å². The first-order chi connectivity index (χ1) is 13.2. The summed E-state index contributed by atoms with van der Waals surface area (Å²) in [4.78, 5) is 8.85. The zero-order chi connectivity index (χ0) is 18.8. The van der Waals surface area contributed by atoms with Crippen LogP contribution < -0.4 is 9.66 Å². The average molecular weight is 423 g/mol. The third-order valence-corrected chi connectivity index (χ3v) is 5.03. The van der Waals surface area contributed by atoms with Gasteiger partial charge in [0.2, 0.25) is 5.95 Å². The molecule has 7 heteroatoms. The van der Waals surface area contributed by atoms with Crippen molar-refractivity contribution in [2.45, 2.75) is 19.9 Å². The number of benzene rings is 2. The molecule has 2 N–H and O–H groups in total. The molecule has 2 aromatic carbocycles. The Labute approximate surface area is 166 Å². The lowest BCUT2D eigenvalue weighted by Gasteiger charge is -2.18. The minimum atomic E-state index is 0.237. The van der Waals surface area contributed by atoms with Gasteiger partial charge in [-0.15, -0.1) is 0 Å². The van der Waals surface area contributed by atoms with Crippen LogP contribution in [0, 0.1) is 0 Å². The second-order valence-electron chi connectivity index (χ2n) is 6.25. The molecular weight excluding hydrogens is 404 g/mol. The Morgan fingerprint density at radius 1 is 1.07 bits per heavy atom. The Kier molecular flexibility index (Phi) is 4.77. The van der Waals surface area contributed by atoms with Crippen LogP contribution in [-0.2, 0) is 6.54 Å². The molecule has 27 heavy (non-hydrogen) atoms. The predicted octanol–water partition coefficient (Wildman–Crippen LogP) is 4.93. The zero-order valence-electron chi connectivity index (χ0n) is 14.9. The third-order valence-electron chi connectivity index (χ3n) is 4.28. The van der Waals surface area contributed by atoms with Gasteiger partial charge in [0.1, 0.15) is 0 Å². The number of aromatic nitrogens is 4. The lowest BCUT2D eigenvalue weighted by molar-refractivity contribution is 0.603. The van der Waals surface area contributed by atoms with Crippen LogP contribution in [0.5, 0.6) is 0 Å². The van der Waals surface area contributed by atoms with E-state index < -0.39 is 0 Å². The quantitative estimate of drug-likeness (QED) is 0.461. The van der Waals surface area contributed by atoms with E-state index in [9.17, 15) is 0 Å². The fraction of sp³-hybridized carbons (Fsp3) is 0.150. The highest BCUT2D eigenvalue weighted by Crippen LogP contribution is 2.35. The summed E-state index contributed by atoms with van der Waals surface area (Å²) in [6, 6.07) is 16.0. The number of hydrogen-bond acceptors (Lipinski definition) is 5. The predicted molar refractivity (Wildman–Crippen MR) is 113 cm³/mol. The molecule has 0 aliphatic rings. The molecule has 0 saturated carbocycles. The van der Waals surface area contributed by atoms with Crippen molar-refractivity contribution < 1.29 is 0 Å². The van der Waals surface area contributed by atoms with Crippen molar-refractivity contribution in [3.8, 4) is 11.1 Å². The van der Waals surface area contributed by atoms with Crippen LogP contribution in [0.25, 0.3) is 22.0 Å². The Hall–Kier alpha value is -2.93. The number of hydrogen-bond donors (Lipinski definition) is 1. The van der Waals surface area contributed by atoms with Gasteiger partial charge in [0.15, 0.2) is 5.82 Å². The van der Waals surface area contributed by atoms with Crippen LogP contribution >= 0.6 is 16.1 Å². The second kappa shape index (κ2) is 7.36. The fourth-order valence-electron chi connectivity index (χ4n) is 3.00. The first kappa shape index (κ1) is 17.5. The van der Waals surface area contributed by atoms with Crippen LogP contribution in [0.2, 0.25) is 0 Å². The van der Waals surface area contributed by atoms with E-state index in [0.717, 1.165) is 40.7 Å². The topological polar surface area (TPSA) is 72.9 Å². The standard InChI is InChI=1S/C20H19BrN6/c1-2-10-26-13-15(12-23-26)14-8-9-18-17(11-14)19(25-20(22)24-18)27(21)16-6-4-3-5-7-16/h3-9,11-13H,2,10H2,1H3,(H2,22,24,25). The van der Waals surface area contributed by atoms with Crippen molar-refractivity contribution >= 4 is 44.5 Å². The number of nitrogens with zero attached hydrogens (tertiary/aromatic N) is 5. The molecule has 6 nitrogen and oxygen atoms in total. The number of para-hydroxylation sites is 1. The van der Waals surface area contributed by atoms with E-state index in [-0.39, 0.29) is 5.95 Å². The van der Waals surface area contributed by atoms with Gasteiger partial charge in [-0.1, -0.05) is 31.2 Å². The number of aryl methyl sites for hydroxylation is 1. The van der Waals surface area contributed by atoms with Gasteiger partial charge in [-0.3, -0.25) is 8.61 Å². The molecule has 4 rings (SSSR count). The van der Waals surface area contributed by atoms with Crippen LogP contribution in [0.1, 0.15) is 13.3 Å². The largest absolute Gasteiger partial charge is 0.368 e. The highest BCUT2D eigenvalue weighted by atomic mass is 79.9. The highest BCUT2D eigenvalue weighted by Gasteiger charge is 2.15. The first-order valence-corrected chi connectivity index (χ1v) is 9.47. The maximum atomic E-state index is 5.94. The van der Waals surface area contributed by atoms with Gasteiger partial charge in [0, 0.05) is 23.7 Å². The average Bonchev–Trinajstić information content (AvgIpc) is 3.16. The second-order valence-corrected chi connectivity index (χ2v) is 6.96. The minimum Gasteiger partial charge on any atom is -0.368 e. The molecule has 0 amide bonds. The highest BCUT2D eigenvalue weighted by molar-refractivity contribution is 9.10. The van der Waals surface area contributed by atoms with Gasteiger partial charge in [-0.05, 0) is 36.2 Å². The van der Waals surface area contributed by atoms with E-state index in [4.69, 9.17) is 5.73 Å². The van der Waals surface area contributed by atoms with Crippen LogP contribution in [0.4, 0.5) is 17.5 Å². The van der Waals surface area contributed by atoms with Gasteiger partial charge >= 0.3 is 0 Å². The number of nitrogen functional groups attached to an aromatic ring is 1. The molecule has 0 aliphatic heterocycles. The summed E-state index contributed by atoms with van der Waals surface area (Å²) in [7, 11) is 0. The van der Waals surface area contributed by atoms with Crippen molar-refractivity contribution in [3.63, 3.8) is 0 Å². The summed E-state index contributed by atoms with van der Waals surface area (Å²) in [5, 5.41) is 5.34. The van der Waals surface area contributed by atoms with E-state index in [2.05, 4.69) is 50.4 Å². The van der Waals surface area contributed by atoms with Gasteiger partial charge < -0.3 is 5.73 Å². The number of nitrogens with two attached hydrogens (primary N) is 1. The minimum absolute atomic E-state index is 0.237. The monoisotopic (exact) mass is 422 g/mol. The molecule has 2 aromatic heterocycles. The normalized spacial score (nSPS) is 11.0. The summed E-state index contributed by atoms with van der Waals surface area (Å²) < 4.78 is 3.80. The molecule has 0 spiro atoms.